The van der Waals surface area contributed by atoms with E-state index in [4.69, 9.17) is 10.2 Å². The smallest absolute Gasteiger partial charge is 0.303 e. The van der Waals surface area contributed by atoms with Crippen molar-refractivity contribution in [3.05, 3.63) is 34.4 Å². The molecule has 0 aromatic heterocycles. The van der Waals surface area contributed by atoms with Gasteiger partial charge in [-0.05, 0) is 12.5 Å². The number of carbonyl (C=O) groups is 1. The van der Waals surface area contributed by atoms with Gasteiger partial charge in [0.15, 0.2) is 0 Å². The van der Waals surface area contributed by atoms with Crippen molar-refractivity contribution < 1.29 is 19.9 Å². The van der Waals surface area contributed by atoms with Gasteiger partial charge in [0.05, 0.1) is 11.0 Å². The number of unbranched alkanes of at least 4 members (excludes halogenated alkanes) is 14. The molecule has 0 heterocycles. The Balaban J connectivity index is 0.000000696. The topological polar surface area (TPSA) is 101 Å². The van der Waals surface area contributed by atoms with Crippen molar-refractivity contribution in [2.45, 2.75) is 110 Å². The van der Waals surface area contributed by atoms with Crippen molar-refractivity contribution in [3.63, 3.8) is 0 Å². The number of nitro groups is 1. The zero-order chi connectivity index (χ0) is 22.5. The van der Waals surface area contributed by atoms with Crippen LogP contribution in [0.5, 0.6) is 5.75 Å². The maximum atomic E-state index is 10.3. The molecule has 30 heavy (non-hydrogen) atoms. The number of carboxylic acids is 1. The number of nitro benzene ring substituents is 1. The van der Waals surface area contributed by atoms with E-state index < -0.39 is 10.9 Å². The van der Waals surface area contributed by atoms with E-state index in [0.717, 1.165) is 18.9 Å². The number of nitrogens with zero attached hydrogens (tertiary/aromatic N) is 1. The standard InChI is InChI=1S/C18H36O2.C6H5NO3/c1-2-3-4-5-6-7-8-9-10-11-12-13-14-15-16-17-18(19)20;8-6-3-1-2-5(4-6)7(9)10/h2-17H2,1H3,(H,19,20);1-4,8H. The van der Waals surface area contributed by atoms with Crippen LogP contribution < -0.4 is 0 Å². The van der Waals surface area contributed by atoms with E-state index >= 15 is 0 Å². The Morgan fingerprint density at radius 1 is 0.833 bits per heavy atom. The lowest BCUT2D eigenvalue weighted by molar-refractivity contribution is -0.384. The monoisotopic (exact) mass is 423 g/mol. The summed E-state index contributed by atoms with van der Waals surface area (Å²) in [5, 5.41) is 27.3. The molecule has 0 aliphatic heterocycles. The van der Waals surface area contributed by atoms with Gasteiger partial charge < -0.3 is 10.2 Å². The lowest BCUT2D eigenvalue weighted by Crippen LogP contribution is -1.93. The first-order valence-corrected chi connectivity index (χ1v) is 11.6. The number of non-ortho nitro benzene ring substituents is 1. The van der Waals surface area contributed by atoms with E-state index in [-0.39, 0.29) is 11.4 Å². The summed E-state index contributed by atoms with van der Waals surface area (Å²) < 4.78 is 0. The summed E-state index contributed by atoms with van der Waals surface area (Å²) >= 11 is 0. The molecule has 0 radical (unpaired) electrons. The van der Waals surface area contributed by atoms with E-state index in [0.29, 0.717) is 6.42 Å². The van der Waals surface area contributed by atoms with E-state index in [1.54, 1.807) is 0 Å². The molecule has 0 unspecified atom stereocenters. The fourth-order valence-corrected chi connectivity index (χ4v) is 3.25. The normalized spacial score (nSPS) is 10.3. The number of rotatable bonds is 17. The highest BCUT2D eigenvalue weighted by molar-refractivity contribution is 5.66. The fourth-order valence-electron chi connectivity index (χ4n) is 3.25. The highest BCUT2D eigenvalue weighted by atomic mass is 16.6. The van der Waals surface area contributed by atoms with Crippen LogP contribution in [-0.4, -0.2) is 21.1 Å². The van der Waals surface area contributed by atoms with Crippen molar-refractivity contribution >= 4 is 11.7 Å². The van der Waals surface area contributed by atoms with Gasteiger partial charge >= 0.3 is 5.97 Å². The van der Waals surface area contributed by atoms with Crippen molar-refractivity contribution in [1.29, 1.82) is 0 Å². The summed E-state index contributed by atoms with van der Waals surface area (Å²) in [7, 11) is 0. The van der Waals surface area contributed by atoms with Gasteiger partial charge in [0, 0.05) is 12.5 Å². The molecule has 0 saturated carbocycles. The van der Waals surface area contributed by atoms with E-state index in [1.165, 1.54) is 102 Å². The Morgan fingerprint density at radius 2 is 1.27 bits per heavy atom. The van der Waals surface area contributed by atoms with E-state index in [9.17, 15) is 14.9 Å². The van der Waals surface area contributed by atoms with Gasteiger partial charge in [0.2, 0.25) is 0 Å². The molecule has 0 aliphatic rings. The third-order valence-corrected chi connectivity index (χ3v) is 5.03. The van der Waals surface area contributed by atoms with E-state index in [2.05, 4.69) is 6.92 Å². The van der Waals surface area contributed by atoms with Crippen LogP contribution in [0.1, 0.15) is 110 Å². The minimum absolute atomic E-state index is 0.0887. The largest absolute Gasteiger partial charge is 0.508 e. The quantitative estimate of drug-likeness (QED) is 0.152. The molecule has 2 N–H and O–H groups in total. The summed E-state index contributed by atoms with van der Waals surface area (Å²) in [6, 6.07) is 5.22. The number of benzene rings is 1. The highest BCUT2D eigenvalue weighted by Gasteiger charge is 2.03. The van der Waals surface area contributed by atoms with Crippen LogP contribution in [0.3, 0.4) is 0 Å². The lowest BCUT2D eigenvalue weighted by atomic mass is 10.0. The van der Waals surface area contributed by atoms with Crippen molar-refractivity contribution in [2.75, 3.05) is 0 Å². The molecule has 1 aromatic carbocycles. The SMILES string of the molecule is CCCCCCCCCCCCCCCCCC(=O)O.O=[N+]([O-])c1cccc(O)c1. The van der Waals surface area contributed by atoms with Gasteiger partial charge in [-0.25, -0.2) is 0 Å². The second-order valence-corrected chi connectivity index (χ2v) is 7.87. The zero-order valence-corrected chi connectivity index (χ0v) is 18.7. The average molecular weight is 424 g/mol. The Kier molecular flexibility index (Phi) is 18.8. The molecule has 6 nitrogen and oxygen atoms in total. The maximum absolute atomic E-state index is 10.3. The number of aromatic hydroxyl groups is 1. The fraction of sp³-hybridized carbons (Fsp3) is 0.708. The summed E-state index contributed by atoms with van der Waals surface area (Å²) in [4.78, 5) is 19.8. The Bertz CT molecular complexity index is 562. The number of phenols is 1. The Labute approximate surface area is 181 Å². The summed E-state index contributed by atoms with van der Waals surface area (Å²) in [6.45, 7) is 2.27. The van der Waals surface area contributed by atoms with Gasteiger partial charge in [-0.15, -0.1) is 0 Å². The van der Waals surface area contributed by atoms with Gasteiger partial charge in [-0.2, -0.15) is 0 Å². The summed E-state index contributed by atoms with van der Waals surface area (Å²) in [5.74, 6) is -0.742. The van der Waals surface area contributed by atoms with Crippen LogP contribution in [0, 0.1) is 10.1 Å². The molecule has 1 aromatic rings. The van der Waals surface area contributed by atoms with Gasteiger partial charge in [-0.3, -0.25) is 14.9 Å². The minimum atomic E-state index is -0.653. The molecule has 0 atom stereocenters. The van der Waals surface area contributed by atoms with Crippen LogP contribution in [0.2, 0.25) is 0 Å². The van der Waals surface area contributed by atoms with Gasteiger partial charge in [0.25, 0.3) is 5.69 Å². The number of hydrogen-bond donors (Lipinski definition) is 2. The number of carboxylic acid groups (broad SMARTS) is 1. The Morgan fingerprint density at radius 3 is 1.60 bits per heavy atom. The van der Waals surface area contributed by atoms with Crippen LogP contribution in [0.4, 0.5) is 5.69 Å². The molecule has 0 amide bonds. The predicted octanol–water partition coefficient (Wildman–Crippen LogP) is 7.63. The number of hydrogen-bond acceptors (Lipinski definition) is 4. The third kappa shape index (κ3) is 19.2. The van der Waals surface area contributed by atoms with Crippen LogP contribution in [0.15, 0.2) is 24.3 Å². The lowest BCUT2D eigenvalue weighted by Gasteiger charge is -2.03. The molecule has 0 bridgehead atoms. The number of phenolic OH excluding ortho intramolecular Hbond substituents is 1. The van der Waals surface area contributed by atoms with Gasteiger partial charge in [0.1, 0.15) is 5.75 Å². The first kappa shape index (κ1) is 27.9. The predicted molar refractivity (Wildman–Crippen MR) is 122 cm³/mol. The maximum Gasteiger partial charge on any atom is 0.303 e. The molecular weight excluding hydrogens is 382 g/mol. The second-order valence-electron chi connectivity index (χ2n) is 7.87. The second kappa shape index (κ2) is 20.2. The molecule has 0 saturated heterocycles. The zero-order valence-electron chi connectivity index (χ0n) is 18.7. The van der Waals surface area contributed by atoms with Crippen LogP contribution in [0.25, 0.3) is 0 Å². The molecular formula is C24H41NO5. The average Bonchev–Trinajstić information content (AvgIpc) is 2.71. The van der Waals surface area contributed by atoms with Crippen molar-refractivity contribution in [3.8, 4) is 5.75 Å². The minimum Gasteiger partial charge on any atom is -0.508 e. The first-order valence-electron chi connectivity index (χ1n) is 11.6. The molecule has 1 rings (SSSR count). The molecule has 0 spiro atoms. The van der Waals surface area contributed by atoms with Crippen molar-refractivity contribution in [1.82, 2.24) is 0 Å². The summed E-state index contributed by atoms with van der Waals surface area (Å²) in [6.07, 6.45) is 20.2. The van der Waals surface area contributed by atoms with Crippen molar-refractivity contribution in [2.24, 2.45) is 0 Å². The molecule has 0 fully saturated rings. The summed E-state index contributed by atoms with van der Waals surface area (Å²) in [5.41, 5.74) is -0.0972. The molecule has 0 aliphatic carbocycles. The van der Waals surface area contributed by atoms with Crippen LogP contribution in [-0.2, 0) is 4.79 Å². The van der Waals surface area contributed by atoms with Gasteiger partial charge in [-0.1, -0.05) is 103 Å². The molecule has 6 heteroatoms. The molecule has 172 valence electrons. The number of aliphatic carboxylic acids is 1. The first-order chi connectivity index (χ1) is 14.5. The van der Waals surface area contributed by atoms with E-state index in [1.807, 2.05) is 0 Å². The third-order valence-electron chi connectivity index (χ3n) is 5.03. The Hall–Kier alpha value is -2.11. The highest BCUT2D eigenvalue weighted by Crippen LogP contribution is 2.17. The van der Waals surface area contributed by atoms with Crippen LogP contribution >= 0.6 is 0 Å².